The zero-order valence-electron chi connectivity index (χ0n) is 14.4. The van der Waals surface area contributed by atoms with Crippen LogP contribution in [-0.4, -0.2) is 69.9 Å². The number of nitrogens with one attached hydrogen (secondary N) is 1. The van der Waals surface area contributed by atoms with Gasteiger partial charge in [0.1, 0.15) is 5.82 Å². The minimum absolute atomic E-state index is 0.187. The van der Waals surface area contributed by atoms with Crippen molar-refractivity contribution in [3.63, 3.8) is 0 Å². The molecule has 1 atom stereocenters. The summed E-state index contributed by atoms with van der Waals surface area (Å²) in [5.41, 5.74) is 0.832. The minimum Gasteiger partial charge on any atom is -0.356 e. The van der Waals surface area contributed by atoms with Gasteiger partial charge in [0, 0.05) is 44.6 Å². The van der Waals surface area contributed by atoms with Crippen LogP contribution in [0.25, 0.3) is 5.65 Å². The number of likely N-dealkylation sites (N-methyl/N-ethyl adjacent to an activating group) is 1. The van der Waals surface area contributed by atoms with E-state index >= 15 is 0 Å². The van der Waals surface area contributed by atoms with Crippen molar-refractivity contribution in [1.29, 1.82) is 0 Å². The predicted octanol–water partition coefficient (Wildman–Crippen LogP) is 0.258. The van der Waals surface area contributed by atoms with Crippen LogP contribution in [0.15, 0.2) is 12.1 Å². The van der Waals surface area contributed by atoms with Gasteiger partial charge in [0.15, 0.2) is 11.5 Å². The largest absolute Gasteiger partial charge is 0.356 e. The SMILES string of the molecule is CN(CC1CNC(=O)C1)C1CN(c2ccc3nnc(C4CC4)n3n2)C1. The lowest BCUT2D eigenvalue weighted by atomic mass is 10.0. The Bertz CT molecular complexity index is 808. The van der Waals surface area contributed by atoms with E-state index in [0.29, 0.717) is 24.3 Å². The molecule has 2 saturated heterocycles. The summed E-state index contributed by atoms with van der Waals surface area (Å²) >= 11 is 0. The number of amides is 1. The molecule has 1 N–H and O–H groups in total. The number of rotatable bonds is 5. The van der Waals surface area contributed by atoms with Crippen molar-refractivity contribution in [3.05, 3.63) is 18.0 Å². The van der Waals surface area contributed by atoms with Crippen LogP contribution in [-0.2, 0) is 4.79 Å². The van der Waals surface area contributed by atoms with E-state index in [1.807, 2.05) is 16.6 Å². The van der Waals surface area contributed by atoms with Crippen LogP contribution >= 0.6 is 0 Å². The molecule has 8 nitrogen and oxygen atoms in total. The molecule has 1 amide bonds. The minimum atomic E-state index is 0.187. The van der Waals surface area contributed by atoms with Crippen molar-refractivity contribution in [2.75, 3.05) is 38.1 Å². The molecule has 0 spiro atoms. The summed E-state index contributed by atoms with van der Waals surface area (Å²) in [7, 11) is 2.16. The normalized spacial score (nSPS) is 24.2. The van der Waals surface area contributed by atoms with Crippen molar-refractivity contribution < 1.29 is 4.79 Å². The van der Waals surface area contributed by atoms with Gasteiger partial charge >= 0.3 is 0 Å². The Balaban J connectivity index is 1.23. The van der Waals surface area contributed by atoms with Gasteiger partial charge in [-0.3, -0.25) is 9.69 Å². The van der Waals surface area contributed by atoms with E-state index < -0.39 is 0 Å². The maximum atomic E-state index is 11.3. The van der Waals surface area contributed by atoms with Gasteiger partial charge in [-0.25, -0.2) is 0 Å². The number of carbonyl (C=O) groups excluding carboxylic acids is 1. The second-order valence-corrected chi connectivity index (χ2v) is 7.67. The molecule has 8 heteroatoms. The summed E-state index contributed by atoms with van der Waals surface area (Å²) in [4.78, 5) is 16.0. The Hall–Kier alpha value is -2.22. The quantitative estimate of drug-likeness (QED) is 0.840. The molecule has 25 heavy (non-hydrogen) atoms. The summed E-state index contributed by atoms with van der Waals surface area (Å²) in [5.74, 6) is 3.17. The Labute approximate surface area is 146 Å². The van der Waals surface area contributed by atoms with Gasteiger partial charge in [-0.1, -0.05) is 0 Å². The van der Waals surface area contributed by atoms with E-state index in [0.717, 1.165) is 43.5 Å². The van der Waals surface area contributed by atoms with Crippen molar-refractivity contribution >= 4 is 17.4 Å². The number of anilines is 1. The van der Waals surface area contributed by atoms with Crippen LogP contribution in [0.2, 0.25) is 0 Å². The number of carbonyl (C=O) groups is 1. The number of aromatic nitrogens is 4. The lowest BCUT2D eigenvalue weighted by Gasteiger charge is -2.45. The van der Waals surface area contributed by atoms with Gasteiger partial charge in [-0.2, -0.15) is 4.52 Å². The maximum absolute atomic E-state index is 11.3. The second kappa shape index (κ2) is 5.66. The maximum Gasteiger partial charge on any atom is 0.220 e. The van der Waals surface area contributed by atoms with Gasteiger partial charge in [-0.15, -0.1) is 15.3 Å². The zero-order chi connectivity index (χ0) is 17.0. The van der Waals surface area contributed by atoms with Crippen LogP contribution in [0.3, 0.4) is 0 Å². The third-order valence-corrected chi connectivity index (χ3v) is 5.63. The first-order valence-corrected chi connectivity index (χ1v) is 9.11. The summed E-state index contributed by atoms with van der Waals surface area (Å²) in [6.07, 6.45) is 3.06. The highest BCUT2D eigenvalue weighted by Gasteiger charge is 2.34. The van der Waals surface area contributed by atoms with E-state index in [1.165, 1.54) is 12.8 Å². The highest BCUT2D eigenvalue weighted by molar-refractivity contribution is 5.78. The molecule has 1 aliphatic carbocycles. The van der Waals surface area contributed by atoms with Crippen LogP contribution in [0.4, 0.5) is 5.82 Å². The molecule has 1 unspecified atom stereocenters. The number of fused-ring (bicyclic) bond motifs is 1. The van der Waals surface area contributed by atoms with Crippen molar-refractivity contribution in [2.24, 2.45) is 5.92 Å². The summed E-state index contributed by atoms with van der Waals surface area (Å²) in [6, 6.07) is 4.57. The fourth-order valence-electron chi connectivity index (χ4n) is 3.83. The second-order valence-electron chi connectivity index (χ2n) is 7.67. The molecule has 2 aromatic rings. The number of hydrogen-bond acceptors (Lipinski definition) is 6. The highest BCUT2D eigenvalue weighted by Crippen LogP contribution is 2.38. The van der Waals surface area contributed by atoms with Crippen molar-refractivity contribution in [3.8, 4) is 0 Å². The summed E-state index contributed by atoms with van der Waals surface area (Å²) < 4.78 is 1.92. The molecule has 0 radical (unpaired) electrons. The van der Waals surface area contributed by atoms with Crippen molar-refractivity contribution in [2.45, 2.75) is 31.2 Å². The summed E-state index contributed by atoms with van der Waals surface area (Å²) in [5, 5.41) is 16.2. The van der Waals surface area contributed by atoms with Gasteiger partial charge < -0.3 is 10.2 Å². The lowest BCUT2D eigenvalue weighted by Crippen LogP contribution is -2.59. The standard InChI is InChI=1S/C17H23N7O/c1-22(8-11-6-16(25)18-7-11)13-9-23(10-13)15-5-4-14-19-20-17(12-2-3-12)24(14)21-15/h4-5,11-13H,2-3,6-10H2,1H3,(H,18,25). The molecule has 1 saturated carbocycles. The topological polar surface area (TPSA) is 78.7 Å². The molecule has 5 rings (SSSR count). The number of nitrogens with zero attached hydrogens (tertiary/aromatic N) is 6. The van der Waals surface area contributed by atoms with Crippen LogP contribution < -0.4 is 10.2 Å². The fraction of sp³-hybridized carbons (Fsp3) is 0.647. The first-order valence-electron chi connectivity index (χ1n) is 9.11. The molecule has 4 heterocycles. The predicted molar refractivity (Wildman–Crippen MR) is 92.5 cm³/mol. The molecule has 0 bridgehead atoms. The third-order valence-electron chi connectivity index (χ3n) is 5.63. The highest BCUT2D eigenvalue weighted by atomic mass is 16.1. The van der Waals surface area contributed by atoms with E-state index in [9.17, 15) is 4.79 Å². The molecule has 2 aliphatic heterocycles. The average molecular weight is 341 g/mol. The molecular formula is C17H23N7O. The van der Waals surface area contributed by atoms with Crippen LogP contribution in [0.1, 0.15) is 31.0 Å². The number of hydrogen-bond donors (Lipinski definition) is 1. The average Bonchev–Trinajstić information content (AvgIpc) is 3.18. The van der Waals surface area contributed by atoms with E-state index in [-0.39, 0.29) is 5.91 Å². The van der Waals surface area contributed by atoms with Crippen LogP contribution in [0, 0.1) is 5.92 Å². The zero-order valence-corrected chi connectivity index (χ0v) is 14.4. The Kier molecular flexibility index (Phi) is 3.41. The van der Waals surface area contributed by atoms with Gasteiger partial charge in [0.25, 0.3) is 0 Å². The molecule has 3 aliphatic rings. The monoisotopic (exact) mass is 341 g/mol. The van der Waals surface area contributed by atoms with Gasteiger partial charge in [0.2, 0.25) is 5.91 Å². The van der Waals surface area contributed by atoms with E-state index in [1.54, 1.807) is 0 Å². The third kappa shape index (κ3) is 2.74. The fourth-order valence-corrected chi connectivity index (χ4v) is 3.83. The van der Waals surface area contributed by atoms with Crippen molar-refractivity contribution in [1.82, 2.24) is 30.0 Å². The lowest BCUT2D eigenvalue weighted by molar-refractivity contribution is -0.119. The molecule has 2 aromatic heterocycles. The molecule has 0 aromatic carbocycles. The molecule has 132 valence electrons. The Morgan fingerprint density at radius 2 is 2.12 bits per heavy atom. The smallest absolute Gasteiger partial charge is 0.220 e. The van der Waals surface area contributed by atoms with Gasteiger partial charge in [0.05, 0.1) is 0 Å². The molecular weight excluding hydrogens is 318 g/mol. The Morgan fingerprint density at radius 1 is 1.28 bits per heavy atom. The first-order chi connectivity index (χ1) is 12.2. The first kappa shape index (κ1) is 15.1. The summed E-state index contributed by atoms with van der Waals surface area (Å²) in [6.45, 7) is 3.74. The van der Waals surface area contributed by atoms with E-state index in [4.69, 9.17) is 5.10 Å². The van der Waals surface area contributed by atoms with E-state index in [2.05, 4.69) is 32.4 Å². The Morgan fingerprint density at radius 3 is 2.84 bits per heavy atom. The van der Waals surface area contributed by atoms with Crippen LogP contribution in [0.5, 0.6) is 0 Å². The molecule has 3 fully saturated rings. The van der Waals surface area contributed by atoms with Gasteiger partial charge in [-0.05, 0) is 37.9 Å².